The zero-order valence-corrected chi connectivity index (χ0v) is 16.9. The minimum atomic E-state index is -0.530. The summed E-state index contributed by atoms with van der Waals surface area (Å²) in [6.45, 7) is 1.79. The molecule has 4 rings (SSSR count). The molecule has 0 bridgehead atoms. The fourth-order valence-corrected chi connectivity index (χ4v) is 3.59. The summed E-state index contributed by atoms with van der Waals surface area (Å²) in [4.78, 5) is 23.0. The van der Waals surface area contributed by atoms with E-state index in [0.29, 0.717) is 22.6 Å². The number of aromatic nitrogens is 2. The number of nitrogens with one attached hydrogen (secondary N) is 2. The SMILES string of the molecule is CSc1ccc([C@H]2N=C(Nc3ccccc3Cl)Nc3nc(C)cc(=O)n32)cc1. The maximum absolute atomic E-state index is 12.7. The molecule has 8 heteroatoms. The van der Waals surface area contributed by atoms with E-state index in [0.717, 1.165) is 16.1 Å². The summed E-state index contributed by atoms with van der Waals surface area (Å²) in [7, 11) is 0. The van der Waals surface area contributed by atoms with Crippen molar-refractivity contribution < 1.29 is 0 Å². The van der Waals surface area contributed by atoms with Gasteiger partial charge in [0.05, 0.1) is 10.7 Å². The number of aryl methyl sites for hydroxylation is 1. The first-order valence-electron chi connectivity index (χ1n) is 8.65. The minimum Gasteiger partial charge on any atom is -0.325 e. The molecule has 0 saturated heterocycles. The molecule has 28 heavy (non-hydrogen) atoms. The third-order valence-electron chi connectivity index (χ3n) is 4.35. The van der Waals surface area contributed by atoms with Gasteiger partial charge in [-0.15, -0.1) is 11.8 Å². The van der Waals surface area contributed by atoms with Crippen LogP contribution in [0.5, 0.6) is 0 Å². The van der Waals surface area contributed by atoms with Crippen molar-refractivity contribution in [2.45, 2.75) is 18.0 Å². The van der Waals surface area contributed by atoms with Crippen LogP contribution in [0.2, 0.25) is 5.02 Å². The van der Waals surface area contributed by atoms with E-state index in [1.807, 2.05) is 48.7 Å². The average Bonchev–Trinajstić information content (AvgIpc) is 2.69. The molecule has 0 fully saturated rings. The van der Waals surface area contributed by atoms with Crippen LogP contribution in [0.1, 0.15) is 17.4 Å². The summed E-state index contributed by atoms with van der Waals surface area (Å²) in [5.41, 5.74) is 2.09. The number of hydrogen-bond acceptors (Lipinski definition) is 6. The number of para-hydroxylation sites is 1. The summed E-state index contributed by atoms with van der Waals surface area (Å²) in [5, 5.41) is 6.88. The number of aliphatic imine (C=N–C) groups is 1. The molecule has 0 amide bonds. The third kappa shape index (κ3) is 3.63. The molecule has 6 nitrogen and oxygen atoms in total. The maximum Gasteiger partial charge on any atom is 0.257 e. The Morgan fingerprint density at radius 1 is 1.18 bits per heavy atom. The molecule has 1 aromatic heterocycles. The maximum atomic E-state index is 12.7. The van der Waals surface area contributed by atoms with Crippen LogP contribution in [0.4, 0.5) is 11.6 Å². The number of rotatable bonds is 3. The van der Waals surface area contributed by atoms with E-state index >= 15 is 0 Å². The predicted molar refractivity (Wildman–Crippen MR) is 116 cm³/mol. The topological polar surface area (TPSA) is 71.3 Å². The number of hydrogen-bond donors (Lipinski definition) is 2. The van der Waals surface area contributed by atoms with Crippen LogP contribution in [0.3, 0.4) is 0 Å². The first kappa shape index (κ1) is 18.6. The predicted octanol–water partition coefficient (Wildman–Crippen LogP) is 4.37. The van der Waals surface area contributed by atoms with Crippen molar-refractivity contribution in [3.63, 3.8) is 0 Å². The quantitative estimate of drug-likeness (QED) is 0.626. The summed E-state index contributed by atoms with van der Waals surface area (Å²) >= 11 is 7.93. The molecule has 2 heterocycles. The highest BCUT2D eigenvalue weighted by atomic mass is 35.5. The Bertz CT molecular complexity index is 1110. The van der Waals surface area contributed by atoms with Crippen LogP contribution in [0.25, 0.3) is 0 Å². The van der Waals surface area contributed by atoms with Crippen LogP contribution in [0, 0.1) is 6.92 Å². The van der Waals surface area contributed by atoms with Gasteiger partial charge in [0, 0.05) is 16.7 Å². The number of fused-ring (bicyclic) bond motifs is 1. The van der Waals surface area contributed by atoms with E-state index in [4.69, 9.17) is 16.6 Å². The van der Waals surface area contributed by atoms with Gasteiger partial charge in [0.25, 0.3) is 5.56 Å². The number of halogens is 1. The van der Waals surface area contributed by atoms with Crippen molar-refractivity contribution in [3.05, 3.63) is 81.2 Å². The molecule has 2 N–H and O–H groups in total. The smallest absolute Gasteiger partial charge is 0.257 e. The molecule has 142 valence electrons. The summed E-state index contributed by atoms with van der Waals surface area (Å²) in [6, 6.07) is 16.9. The van der Waals surface area contributed by atoms with E-state index in [-0.39, 0.29) is 5.56 Å². The number of anilines is 2. The number of nitrogens with zero attached hydrogens (tertiary/aromatic N) is 3. The second-order valence-corrected chi connectivity index (χ2v) is 7.57. The van der Waals surface area contributed by atoms with E-state index < -0.39 is 6.17 Å². The lowest BCUT2D eigenvalue weighted by Crippen LogP contribution is -2.37. The van der Waals surface area contributed by atoms with E-state index in [1.165, 1.54) is 6.07 Å². The van der Waals surface area contributed by atoms with Crippen LogP contribution in [-0.2, 0) is 0 Å². The van der Waals surface area contributed by atoms with Gasteiger partial charge in [-0.05, 0) is 43.0 Å². The highest BCUT2D eigenvalue weighted by molar-refractivity contribution is 7.98. The largest absolute Gasteiger partial charge is 0.325 e. The standard InChI is InChI=1S/C20H18ClN5OS/c1-12-11-17(27)26-18(13-7-9-14(28-2)10-8-13)24-19(25-20(26)22-12)23-16-6-4-3-5-15(16)21/h3-11,18H,1-2H3,(H2,22,23,24,25)/t18-/m0/s1. The summed E-state index contributed by atoms with van der Waals surface area (Å²) < 4.78 is 1.55. The van der Waals surface area contributed by atoms with Crippen LogP contribution in [0.15, 0.2) is 69.3 Å². The van der Waals surface area contributed by atoms with Gasteiger partial charge in [0.1, 0.15) is 0 Å². The molecule has 0 radical (unpaired) electrons. The van der Waals surface area contributed by atoms with Gasteiger partial charge in [-0.2, -0.15) is 0 Å². The molecule has 2 aromatic carbocycles. The normalized spacial score (nSPS) is 15.4. The molecular formula is C20H18ClN5OS. The molecule has 0 saturated carbocycles. The van der Waals surface area contributed by atoms with E-state index in [9.17, 15) is 4.79 Å². The fraction of sp³-hybridized carbons (Fsp3) is 0.150. The third-order valence-corrected chi connectivity index (χ3v) is 5.42. The molecule has 0 aliphatic carbocycles. The zero-order chi connectivity index (χ0) is 19.7. The van der Waals surface area contributed by atoms with Crippen molar-refractivity contribution in [1.82, 2.24) is 9.55 Å². The van der Waals surface area contributed by atoms with Crippen molar-refractivity contribution in [2.24, 2.45) is 4.99 Å². The molecule has 0 spiro atoms. The number of thioether (sulfide) groups is 1. The Morgan fingerprint density at radius 2 is 1.93 bits per heavy atom. The Balaban J connectivity index is 1.79. The summed E-state index contributed by atoms with van der Waals surface area (Å²) in [6.07, 6.45) is 1.49. The zero-order valence-electron chi connectivity index (χ0n) is 15.3. The van der Waals surface area contributed by atoms with Gasteiger partial charge in [-0.1, -0.05) is 35.9 Å². The van der Waals surface area contributed by atoms with E-state index in [1.54, 1.807) is 29.3 Å². The number of guanidine groups is 1. The second kappa shape index (κ2) is 7.69. The lowest BCUT2D eigenvalue weighted by atomic mass is 10.1. The average molecular weight is 412 g/mol. The van der Waals surface area contributed by atoms with Crippen molar-refractivity contribution in [2.75, 3.05) is 16.9 Å². The second-order valence-electron chi connectivity index (χ2n) is 6.28. The minimum absolute atomic E-state index is 0.158. The first-order chi connectivity index (χ1) is 13.5. The molecule has 0 unspecified atom stereocenters. The van der Waals surface area contributed by atoms with Gasteiger partial charge < -0.3 is 5.32 Å². The van der Waals surface area contributed by atoms with Gasteiger partial charge in [0.2, 0.25) is 11.9 Å². The van der Waals surface area contributed by atoms with Crippen molar-refractivity contribution >= 4 is 41.0 Å². The molecule has 1 atom stereocenters. The van der Waals surface area contributed by atoms with E-state index in [2.05, 4.69) is 15.6 Å². The molecular weight excluding hydrogens is 394 g/mol. The van der Waals surface area contributed by atoms with Gasteiger partial charge in [-0.3, -0.25) is 14.7 Å². The highest BCUT2D eigenvalue weighted by Crippen LogP contribution is 2.28. The molecule has 1 aliphatic rings. The number of benzene rings is 2. The summed E-state index contributed by atoms with van der Waals surface area (Å²) in [5.74, 6) is 0.915. The Morgan fingerprint density at radius 3 is 2.64 bits per heavy atom. The van der Waals surface area contributed by atoms with Gasteiger partial charge >= 0.3 is 0 Å². The lowest BCUT2D eigenvalue weighted by Gasteiger charge is -2.27. The monoisotopic (exact) mass is 411 g/mol. The Labute approximate surface area is 171 Å². The van der Waals surface area contributed by atoms with Crippen LogP contribution in [-0.4, -0.2) is 21.8 Å². The lowest BCUT2D eigenvalue weighted by molar-refractivity contribution is 0.577. The van der Waals surface area contributed by atoms with Crippen molar-refractivity contribution in [1.29, 1.82) is 0 Å². The fourth-order valence-electron chi connectivity index (χ4n) is 3.00. The Kier molecular flexibility index (Phi) is 5.11. The first-order valence-corrected chi connectivity index (χ1v) is 10.3. The van der Waals surface area contributed by atoms with Crippen LogP contribution < -0.4 is 16.2 Å². The Hall–Kier alpha value is -2.77. The van der Waals surface area contributed by atoms with Gasteiger partial charge in [-0.25, -0.2) is 9.98 Å². The van der Waals surface area contributed by atoms with Crippen LogP contribution >= 0.6 is 23.4 Å². The van der Waals surface area contributed by atoms with Gasteiger partial charge in [0.15, 0.2) is 6.17 Å². The van der Waals surface area contributed by atoms with Crippen molar-refractivity contribution in [3.8, 4) is 0 Å². The molecule has 1 aliphatic heterocycles. The molecule has 3 aromatic rings. The highest BCUT2D eigenvalue weighted by Gasteiger charge is 2.25.